The number of nitrogens with one attached hydrogen (secondary N) is 1. The molecular weight excluding hydrogens is 414 g/mol. The predicted octanol–water partition coefficient (Wildman–Crippen LogP) is 4.19. The number of hydrogen-bond acceptors (Lipinski definition) is 4. The molecule has 0 aliphatic heterocycles. The number of carbonyl (C=O) groups is 1. The molecular formula is C23H22ClN5O2. The number of nitrogens with zero attached hydrogens (tertiary/aromatic N) is 4. The number of aromatic nitrogens is 4. The molecule has 2 aromatic carbocycles. The van der Waals surface area contributed by atoms with Crippen LogP contribution in [0.25, 0.3) is 16.7 Å². The van der Waals surface area contributed by atoms with Gasteiger partial charge in [0.2, 0.25) is 5.91 Å². The second-order valence-corrected chi connectivity index (χ2v) is 7.86. The van der Waals surface area contributed by atoms with Crippen LogP contribution in [-0.4, -0.2) is 25.2 Å². The first-order valence-corrected chi connectivity index (χ1v) is 10.3. The Kier molecular flexibility index (Phi) is 5.61. The number of fused-ring (bicyclic) bond motifs is 1. The molecule has 1 amide bonds. The van der Waals surface area contributed by atoms with Gasteiger partial charge in [0, 0.05) is 23.7 Å². The maximum atomic E-state index is 13.0. The zero-order chi connectivity index (χ0) is 22.1. The third-order valence-electron chi connectivity index (χ3n) is 5.26. The molecule has 31 heavy (non-hydrogen) atoms. The van der Waals surface area contributed by atoms with Crippen molar-refractivity contribution >= 4 is 34.2 Å². The SMILES string of the molecule is Cc1ccc(-n2ncc3c(=O)n(CCC(=O)Nc4cccc(Cl)c4C)c(C)nc32)cc1. The quantitative estimate of drug-likeness (QED) is 0.509. The summed E-state index contributed by atoms with van der Waals surface area (Å²) < 4.78 is 3.16. The predicted molar refractivity (Wildman–Crippen MR) is 122 cm³/mol. The van der Waals surface area contributed by atoms with Crippen LogP contribution in [0.2, 0.25) is 5.02 Å². The van der Waals surface area contributed by atoms with Gasteiger partial charge in [-0.15, -0.1) is 0 Å². The van der Waals surface area contributed by atoms with E-state index in [0.29, 0.717) is 27.6 Å². The van der Waals surface area contributed by atoms with Gasteiger partial charge in [-0.1, -0.05) is 35.4 Å². The van der Waals surface area contributed by atoms with E-state index in [1.807, 2.05) is 38.1 Å². The average molecular weight is 436 g/mol. The lowest BCUT2D eigenvalue weighted by Gasteiger charge is -2.12. The van der Waals surface area contributed by atoms with Gasteiger partial charge in [0.15, 0.2) is 5.65 Å². The van der Waals surface area contributed by atoms with Gasteiger partial charge in [0.05, 0.1) is 11.9 Å². The second-order valence-electron chi connectivity index (χ2n) is 7.46. The lowest BCUT2D eigenvalue weighted by atomic mass is 10.2. The van der Waals surface area contributed by atoms with Crippen molar-refractivity contribution in [3.8, 4) is 5.69 Å². The van der Waals surface area contributed by atoms with Gasteiger partial charge in [-0.3, -0.25) is 14.2 Å². The molecule has 0 spiro atoms. The van der Waals surface area contributed by atoms with E-state index in [0.717, 1.165) is 16.8 Å². The summed E-state index contributed by atoms with van der Waals surface area (Å²) >= 11 is 6.11. The first-order chi connectivity index (χ1) is 14.8. The van der Waals surface area contributed by atoms with E-state index in [2.05, 4.69) is 15.4 Å². The van der Waals surface area contributed by atoms with Crippen LogP contribution in [0.1, 0.15) is 23.4 Å². The molecule has 0 unspecified atom stereocenters. The lowest BCUT2D eigenvalue weighted by Crippen LogP contribution is -2.26. The molecule has 1 N–H and O–H groups in total. The number of benzene rings is 2. The van der Waals surface area contributed by atoms with Crippen molar-refractivity contribution in [1.29, 1.82) is 0 Å². The third-order valence-corrected chi connectivity index (χ3v) is 5.67. The number of hydrogen-bond donors (Lipinski definition) is 1. The normalized spacial score (nSPS) is 11.1. The minimum atomic E-state index is -0.215. The number of amides is 1. The van der Waals surface area contributed by atoms with E-state index in [4.69, 9.17) is 11.6 Å². The molecule has 2 aromatic heterocycles. The van der Waals surface area contributed by atoms with Crippen LogP contribution in [0, 0.1) is 20.8 Å². The summed E-state index contributed by atoms with van der Waals surface area (Å²) in [5.74, 6) is 0.324. The highest BCUT2D eigenvalue weighted by atomic mass is 35.5. The van der Waals surface area contributed by atoms with Crippen LogP contribution in [-0.2, 0) is 11.3 Å². The number of aryl methyl sites for hydroxylation is 2. The first-order valence-electron chi connectivity index (χ1n) is 9.92. The van der Waals surface area contributed by atoms with E-state index in [9.17, 15) is 9.59 Å². The summed E-state index contributed by atoms with van der Waals surface area (Å²) in [6.07, 6.45) is 1.65. The fourth-order valence-electron chi connectivity index (χ4n) is 3.41. The minimum Gasteiger partial charge on any atom is -0.326 e. The Morgan fingerprint density at radius 3 is 2.58 bits per heavy atom. The van der Waals surface area contributed by atoms with Crippen LogP contribution in [0.15, 0.2) is 53.5 Å². The van der Waals surface area contributed by atoms with Gasteiger partial charge >= 0.3 is 0 Å². The van der Waals surface area contributed by atoms with Crippen LogP contribution in [0.5, 0.6) is 0 Å². The Morgan fingerprint density at radius 1 is 1.10 bits per heavy atom. The van der Waals surface area contributed by atoms with Crippen molar-refractivity contribution in [2.75, 3.05) is 5.32 Å². The molecule has 0 radical (unpaired) electrons. The Labute approximate surface area is 184 Å². The topological polar surface area (TPSA) is 81.8 Å². The van der Waals surface area contributed by atoms with Crippen molar-refractivity contribution < 1.29 is 4.79 Å². The Hall–Kier alpha value is -3.45. The van der Waals surface area contributed by atoms with Gasteiger partial charge in [-0.05, 0) is 50.6 Å². The summed E-state index contributed by atoms with van der Waals surface area (Å²) in [7, 11) is 0. The maximum absolute atomic E-state index is 13.0. The molecule has 4 rings (SSSR count). The summed E-state index contributed by atoms with van der Waals surface area (Å²) in [6, 6.07) is 13.2. The van der Waals surface area contributed by atoms with Crippen LogP contribution in [0.4, 0.5) is 5.69 Å². The van der Waals surface area contributed by atoms with E-state index < -0.39 is 0 Å². The van der Waals surface area contributed by atoms with Crippen molar-refractivity contribution in [3.63, 3.8) is 0 Å². The molecule has 0 atom stereocenters. The fourth-order valence-corrected chi connectivity index (χ4v) is 3.59. The number of halogens is 1. The van der Waals surface area contributed by atoms with Crippen molar-refractivity contribution in [3.05, 3.63) is 81.0 Å². The monoisotopic (exact) mass is 435 g/mol. The molecule has 158 valence electrons. The summed E-state index contributed by atoms with van der Waals surface area (Å²) in [4.78, 5) is 30.1. The minimum absolute atomic E-state index is 0.131. The van der Waals surface area contributed by atoms with Crippen LogP contribution < -0.4 is 10.9 Å². The molecule has 0 saturated carbocycles. The zero-order valence-electron chi connectivity index (χ0n) is 17.5. The molecule has 0 fully saturated rings. The standard InChI is InChI=1S/C23H22ClN5O2/c1-14-7-9-17(10-8-14)29-22-18(13-25-29)23(31)28(16(3)26-22)12-11-21(30)27-20-6-4-5-19(24)15(20)2/h4-10,13H,11-12H2,1-3H3,(H,27,30). The van der Waals surface area contributed by atoms with Gasteiger partial charge < -0.3 is 5.32 Å². The van der Waals surface area contributed by atoms with E-state index in [1.165, 1.54) is 10.8 Å². The molecule has 0 bridgehead atoms. The number of anilines is 1. The van der Waals surface area contributed by atoms with E-state index >= 15 is 0 Å². The summed E-state index contributed by atoms with van der Waals surface area (Å²) in [6.45, 7) is 5.83. The zero-order valence-corrected chi connectivity index (χ0v) is 18.3. The van der Waals surface area contributed by atoms with Crippen molar-refractivity contribution in [1.82, 2.24) is 19.3 Å². The summed E-state index contributed by atoms with van der Waals surface area (Å²) in [5, 5.41) is 8.21. The molecule has 7 nitrogen and oxygen atoms in total. The van der Waals surface area contributed by atoms with Gasteiger partial charge in [-0.2, -0.15) is 5.10 Å². The maximum Gasteiger partial charge on any atom is 0.264 e. The molecule has 0 aliphatic carbocycles. The highest BCUT2D eigenvalue weighted by Gasteiger charge is 2.15. The van der Waals surface area contributed by atoms with Crippen molar-refractivity contribution in [2.24, 2.45) is 0 Å². The first kappa shape index (κ1) is 20.8. The lowest BCUT2D eigenvalue weighted by molar-refractivity contribution is -0.116. The highest BCUT2D eigenvalue weighted by molar-refractivity contribution is 6.31. The molecule has 0 aliphatic rings. The second kappa shape index (κ2) is 8.35. The van der Waals surface area contributed by atoms with Gasteiger partial charge in [-0.25, -0.2) is 9.67 Å². The van der Waals surface area contributed by atoms with Crippen LogP contribution in [0.3, 0.4) is 0 Å². The molecule has 2 heterocycles. The molecule has 8 heteroatoms. The third kappa shape index (κ3) is 4.09. The largest absolute Gasteiger partial charge is 0.326 e. The summed E-state index contributed by atoms with van der Waals surface area (Å²) in [5.41, 5.74) is 3.72. The Balaban J connectivity index is 1.57. The molecule has 0 saturated heterocycles. The number of rotatable bonds is 5. The number of carbonyl (C=O) groups excluding carboxylic acids is 1. The van der Waals surface area contributed by atoms with Crippen LogP contribution >= 0.6 is 11.6 Å². The van der Waals surface area contributed by atoms with Gasteiger partial charge in [0.1, 0.15) is 11.2 Å². The molecule has 4 aromatic rings. The highest BCUT2D eigenvalue weighted by Crippen LogP contribution is 2.23. The van der Waals surface area contributed by atoms with Gasteiger partial charge in [0.25, 0.3) is 5.56 Å². The smallest absolute Gasteiger partial charge is 0.264 e. The van der Waals surface area contributed by atoms with E-state index in [1.54, 1.807) is 29.8 Å². The Morgan fingerprint density at radius 2 is 1.84 bits per heavy atom. The Bertz CT molecular complexity index is 1340. The fraction of sp³-hybridized carbons (Fsp3) is 0.217. The van der Waals surface area contributed by atoms with E-state index in [-0.39, 0.29) is 24.4 Å². The van der Waals surface area contributed by atoms with Crippen molar-refractivity contribution in [2.45, 2.75) is 33.7 Å². The average Bonchev–Trinajstić information content (AvgIpc) is 3.15.